The Balaban J connectivity index is 1.60. The van der Waals surface area contributed by atoms with E-state index < -0.39 is 0 Å². The molecule has 3 nitrogen and oxygen atoms in total. The average molecular weight is 328 g/mol. The molecule has 0 spiro atoms. The number of esters is 2. The molecule has 4 fully saturated rings. The Kier molecular flexibility index (Phi) is 3.44. The van der Waals surface area contributed by atoms with Gasteiger partial charge in [-0.15, -0.1) is 0 Å². The van der Waals surface area contributed by atoms with E-state index in [9.17, 15) is 9.59 Å². The van der Waals surface area contributed by atoms with E-state index in [-0.39, 0.29) is 41.0 Å². The normalized spacial score (nSPS) is 41.7. The van der Waals surface area contributed by atoms with Crippen LogP contribution in [0.5, 0.6) is 0 Å². The van der Waals surface area contributed by atoms with Gasteiger partial charge in [-0.1, -0.05) is 50.7 Å². The zero-order chi connectivity index (χ0) is 16.3. The third-order valence-electron chi connectivity index (χ3n) is 8.21. The number of allylic oxidation sites excluding steroid dienone is 2. The zero-order valence-electron chi connectivity index (χ0n) is 14.4. The van der Waals surface area contributed by atoms with Crippen LogP contribution in [0.3, 0.4) is 0 Å². The highest BCUT2D eigenvalue weighted by molar-refractivity contribution is 5.98. The number of carbonyl (C=O) groups is 2. The first-order valence-corrected chi connectivity index (χ1v) is 10.2. The highest BCUT2D eigenvalue weighted by atomic mass is 16.6. The summed E-state index contributed by atoms with van der Waals surface area (Å²) in [6.45, 7) is 0. The number of carbonyl (C=O) groups excluding carboxylic acids is 2. The first kappa shape index (κ1) is 15.2. The molecule has 5 rings (SSSR count). The maximum atomic E-state index is 12.4. The third-order valence-corrected chi connectivity index (χ3v) is 8.21. The first-order chi connectivity index (χ1) is 11.7. The third kappa shape index (κ3) is 1.79. The second kappa shape index (κ2) is 5.44. The number of rotatable bonds is 2. The Bertz CT molecular complexity index is 530. The summed E-state index contributed by atoms with van der Waals surface area (Å²) in [5, 5.41) is 0. The number of fused-ring (bicyclic) bond motifs is 5. The van der Waals surface area contributed by atoms with Crippen molar-refractivity contribution in [3.63, 3.8) is 0 Å². The van der Waals surface area contributed by atoms with Crippen LogP contribution >= 0.6 is 0 Å². The molecule has 3 heteroatoms. The van der Waals surface area contributed by atoms with Crippen LogP contribution in [0.4, 0.5) is 0 Å². The van der Waals surface area contributed by atoms with Gasteiger partial charge in [0.2, 0.25) is 0 Å². The summed E-state index contributed by atoms with van der Waals surface area (Å²) in [7, 11) is 0. The van der Waals surface area contributed by atoms with Crippen LogP contribution in [-0.2, 0) is 14.3 Å². The Hall–Kier alpha value is -1.12. The van der Waals surface area contributed by atoms with Gasteiger partial charge in [-0.25, -0.2) is 0 Å². The average Bonchev–Trinajstić information content (AvgIpc) is 3.24. The largest absolute Gasteiger partial charge is 0.393 e. The predicted octanol–water partition coefficient (Wildman–Crippen LogP) is 4.27. The molecule has 4 atom stereocenters. The molecule has 24 heavy (non-hydrogen) atoms. The second-order valence-corrected chi connectivity index (χ2v) is 8.90. The van der Waals surface area contributed by atoms with Crippen molar-refractivity contribution in [3.8, 4) is 0 Å². The summed E-state index contributed by atoms with van der Waals surface area (Å²) in [4.78, 5) is 24.9. The second-order valence-electron chi connectivity index (χ2n) is 8.90. The van der Waals surface area contributed by atoms with E-state index in [2.05, 4.69) is 12.2 Å². The summed E-state index contributed by atoms with van der Waals surface area (Å²) >= 11 is 0. The SMILES string of the molecule is O=C1OC(=O)C2C1C1C=CC2C1(C1CCCCC1)C1CCCCC1. The summed E-state index contributed by atoms with van der Waals surface area (Å²) in [6, 6.07) is 0. The molecule has 1 saturated heterocycles. The minimum Gasteiger partial charge on any atom is -0.393 e. The molecule has 0 N–H and O–H groups in total. The molecular formula is C21H28O3. The molecule has 0 radical (unpaired) electrons. The molecule has 0 amide bonds. The minimum atomic E-state index is -0.224. The van der Waals surface area contributed by atoms with Gasteiger partial charge < -0.3 is 4.74 Å². The monoisotopic (exact) mass is 328 g/mol. The van der Waals surface area contributed by atoms with Crippen molar-refractivity contribution in [2.45, 2.75) is 64.2 Å². The number of hydrogen-bond donors (Lipinski definition) is 0. The van der Waals surface area contributed by atoms with Crippen LogP contribution in [0.15, 0.2) is 12.2 Å². The fourth-order valence-electron chi connectivity index (χ4n) is 7.55. The first-order valence-electron chi connectivity index (χ1n) is 10.2. The standard InChI is InChI=1S/C21H28O3/c22-19-17-15-11-12-16(18(17)20(23)24-19)21(15,13-7-3-1-4-8-13)14-9-5-2-6-10-14/h11-18H,1-10H2. The molecule has 3 saturated carbocycles. The molecular weight excluding hydrogens is 300 g/mol. The molecule has 1 aliphatic heterocycles. The molecule has 4 aliphatic carbocycles. The van der Waals surface area contributed by atoms with Crippen molar-refractivity contribution in [2.24, 2.45) is 40.9 Å². The van der Waals surface area contributed by atoms with E-state index in [0.29, 0.717) is 11.8 Å². The number of hydrogen-bond acceptors (Lipinski definition) is 3. The van der Waals surface area contributed by atoms with Gasteiger partial charge in [0.1, 0.15) is 0 Å². The molecule has 4 unspecified atom stereocenters. The Labute approximate surface area is 144 Å². The van der Waals surface area contributed by atoms with E-state index in [4.69, 9.17) is 4.74 Å². The Morgan fingerprint density at radius 2 is 1.12 bits per heavy atom. The Morgan fingerprint density at radius 3 is 1.54 bits per heavy atom. The molecule has 2 bridgehead atoms. The highest BCUT2D eigenvalue weighted by Gasteiger charge is 2.72. The van der Waals surface area contributed by atoms with Crippen LogP contribution < -0.4 is 0 Å². The van der Waals surface area contributed by atoms with Crippen molar-refractivity contribution < 1.29 is 14.3 Å². The lowest BCUT2D eigenvalue weighted by molar-refractivity contribution is -0.157. The maximum absolute atomic E-state index is 12.4. The fourth-order valence-corrected chi connectivity index (χ4v) is 7.55. The van der Waals surface area contributed by atoms with Gasteiger partial charge >= 0.3 is 11.9 Å². The fraction of sp³-hybridized carbons (Fsp3) is 0.810. The van der Waals surface area contributed by atoms with Gasteiger partial charge in [0.15, 0.2) is 0 Å². The summed E-state index contributed by atoms with van der Waals surface area (Å²) < 4.78 is 5.06. The van der Waals surface area contributed by atoms with E-state index in [1.54, 1.807) is 0 Å². The molecule has 0 aromatic carbocycles. The van der Waals surface area contributed by atoms with E-state index in [1.807, 2.05) is 0 Å². The quantitative estimate of drug-likeness (QED) is 0.432. The van der Waals surface area contributed by atoms with Gasteiger partial charge in [0.05, 0.1) is 11.8 Å². The molecule has 5 aliphatic rings. The minimum absolute atomic E-state index is 0.170. The molecule has 0 aromatic heterocycles. The van der Waals surface area contributed by atoms with Crippen molar-refractivity contribution >= 4 is 11.9 Å². The van der Waals surface area contributed by atoms with Crippen molar-refractivity contribution in [3.05, 3.63) is 12.2 Å². The highest BCUT2D eigenvalue weighted by Crippen LogP contribution is 2.71. The molecule has 1 heterocycles. The van der Waals surface area contributed by atoms with Crippen molar-refractivity contribution in [2.75, 3.05) is 0 Å². The van der Waals surface area contributed by atoms with Crippen LogP contribution in [0.2, 0.25) is 0 Å². The lowest BCUT2D eigenvalue weighted by atomic mass is 9.53. The predicted molar refractivity (Wildman–Crippen MR) is 89.8 cm³/mol. The van der Waals surface area contributed by atoms with Crippen molar-refractivity contribution in [1.29, 1.82) is 0 Å². The van der Waals surface area contributed by atoms with Crippen molar-refractivity contribution in [1.82, 2.24) is 0 Å². The van der Waals surface area contributed by atoms with E-state index in [1.165, 1.54) is 64.2 Å². The topological polar surface area (TPSA) is 43.4 Å². The van der Waals surface area contributed by atoms with Gasteiger partial charge in [-0.3, -0.25) is 9.59 Å². The van der Waals surface area contributed by atoms with Crippen LogP contribution in [-0.4, -0.2) is 11.9 Å². The number of ether oxygens (including phenoxy) is 1. The lowest BCUT2D eigenvalue weighted by Gasteiger charge is -2.51. The van der Waals surface area contributed by atoms with Gasteiger partial charge in [0.25, 0.3) is 0 Å². The van der Waals surface area contributed by atoms with Gasteiger partial charge in [-0.2, -0.15) is 0 Å². The maximum Gasteiger partial charge on any atom is 0.318 e. The van der Waals surface area contributed by atoms with E-state index >= 15 is 0 Å². The summed E-state index contributed by atoms with van der Waals surface area (Å²) in [6.07, 6.45) is 17.8. The molecule has 130 valence electrons. The van der Waals surface area contributed by atoms with E-state index in [0.717, 1.165) is 0 Å². The number of cyclic esters (lactones) is 2. The van der Waals surface area contributed by atoms with Gasteiger partial charge in [0, 0.05) is 0 Å². The lowest BCUT2D eigenvalue weighted by Crippen LogP contribution is -2.46. The smallest absolute Gasteiger partial charge is 0.318 e. The Morgan fingerprint density at radius 1 is 0.708 bits per heavy atom. The summed E-state index contributed by atoms with van der Waals surface area (Å²) in [5.74, 6) is 1.13. The zero-order valence-corrected chi connectivity index (χ0v) is 14.4. The van der Waals surface area contributed by atoms with Crippen LogP contribution in [0.25, 0.3) is 0 Å². The molecule has 0 aromatic rings. The van der Waals surface area contributed by atoms with Crippen LogP contribution in [0.1, 0.15) is 64.2 Å². The van der Waals surface area contributed by atoms with Gasteiger partial charge in [-0.05, 0) is 54.8 Å². The van der Waals surface area contributed by atoms with Crippen LogP contribution in [0, 0.1) is 40.9 Å². The summed E-state index contributed by atoms with van der Waals surface area (Å²) in [5.41, 5.74) is 0.186.